The highest BCUT2D eigenvalue weighted by Crippen LogP contribution is 2.34. The van der Waals surface area contributed by atoms with Crippen LogP contribution in [0.1, 0.15) is 57.4 Å². The second kappa shape index (κ2) is 8.48. The van der Waals surface area contributed by atoms with Crippen LogP contribution in [0.2, 0.25) is 0 Å². The first-order valence-corrected chi connectivity index (χ1v) is 9.55. The van der Waals surface area contributed by atoms with Gasteiger partial charge in [-0.1, -0.05) is 50.1 Å². The van der Waals surface area contributed by atoms with Crippen molar-refractivity contribution in [3.8, 4) is 0 Å². The molecule has 0 spiro atoms. The highest BCUT2D eigenvalue weighted by molar-refractivity contribution is 5.91. The monoisotopic (exact) mass is 326 g/mol. The molecule has 3 heteroatoms. The van der Waals surface area contributed by atoms with Crippen LogP contribution in [0.4, 0.5) is 0 Å². The molecule has 1 aromatic carbocycles. The van der Waals surface area contributed by atoms with Crippen LogP contribution >= 0.6 is 0 Å². The summed E-state index contributed by atoms with van der Waals surface area (Å²) >= 11 is 0. The number of carbonyl (C=O) groups is 1. The predicted molar refractivity (Wildman–Crippen MR) is 99.7 cm³/mol. The van der Waals surface area contributed by atoms with Crippen LogP contribution in [0.3, 0.4) is 0 Å². The molecule has 2 bridgehead atoms. The molecule has 2 saturated heterocycles. The summed E-state index contributed by atoms with van der Waals surface area (Å²) in [6.07, 6.45) is 12.3. The minimum Gasteiger partial charge on any atom is -0.350 e. The van der Waals surface area contributed by atoms with Crippen molar-refractivity contribution >= 4 is 12.0 Å². The van der Waals surface area contributed by atoms with Crippen LogP contribution in [0.15, 0.2) is 36.4 Å². The maximum Gasteiger partial charge on any atom is 0.244 e. The maximum absolute atomic E-state index is 12.2. The third-order valence-electron chi connectivity index (χ3n) is 5.47. The van der Waals surface area contributed by atoms with Crippen molar-refractivity contribution in [3.63, 3.8) is 0 Å². The molecule has 0 saturated carbocycles. The van der Waals surface area contributed by atoms with E-state index >= 15 is 0 Å². The molecule has 24 heavy (non-hydrogen) atoms. The minimum absolute atomic E-state index is 0.0453. The van der Waals surface area contributed by atoms with E-state index in [-0.39, 0.29) is 5.91 Å². The Morgan fingerprint density at radius 3 is 2.58 bits per heavy atom. The number of rotatable bonds is 6. The lowest BCUT2D eigenvalue weighted by molar-refractivity contribution is -0.118. The number of nitrogens with one attached hydrogen (secondary N) is 1. The summed E-state index contributed by atoms with van der Waals surface area (Å²) in [7, 11) is 0. The van der Waals surface area contributed by atoms with Crippen molar-refractivity contribution in [2.24, 2.45) is 0 Å². The van der Waals surface area contributed by atoms with Crippen molar-refractivity contribution in [1.29, 1.82) is 0 Å². The fraction of sp³-hybridized carbons (Fsp3) is 0.571. The van der Waals surface area contributed by atoms with Gasteiger partial charge in [-0.25, -0.2) is 0 Å². The molecule has 3 nitrogen and oxygen atoms in total. The van der Waals surface area contributed by atoms with Gasteiger partial charge in [0.05, 0.1) is 0 Å². The number of amides is 1. The van der Waals surface area contributed by atoms with E-state index in [1.165, 1.54) is 38.6 Å². The van der Waals surface area contributed by atoms with Gasteiger partial charge in [0.1, 0.15) is 0 Å². The molecule has 2 aliphatic rings. The highest BCUT2D eigenvalue weighted by atomic mass is 16.1. The van der Waals surface area contributed by atoms with Crippen LogP contribution in [0, 0.1) is 0 Å². The van der Waals surface area contributed by atoms with Gasteiger partial charge in [-0.05, 0) is 50.3 Å². The quantitative estimate of drug-likeness (QED) is 0.801. The summed E-state index contributed by atoms with van der Waals surface area (Å²) < 4.78 is 0. The lowest BCUT2D eigenvalue weighted by Gasteiger charge is -2.49. The average Bonchev–Trinajstić information content (AvgIpc) is 2.59. The Morgan fingerprint density at radius 1 is 1.21 bits per heavy atom. The second-order valence-corrected chi connectivity index (χ2v) is 7.25. The lowest BCUT2D eigenvalue weighted by Crippen LogP contribution is -2.56. The standard InChI is InChI=1S/C21H30N2O/c1-2-3-14-23-19-10-7-11-20(23)16-18(15-19)22-21(24)13-12-17-8-5-4-6-9-17/h4-6,8-9,12-13,18-20H,2-3,7,10-11,14-16H2,1H3,(H,22,24)/b13-12+/t19-,20-/m0/s1. The average molecular weight is 326 g/mol. The topological polar surface area (TPSA) is 32.3 Å². The Kier molecular flexibility index (Phi) is 6.08. The molecule has 2 fully saturated rings. The zero-order valence-electron chi connectivity index (χ0n) is 14.8. The number of benzene rings is 1. The largest absolute Gasteiger partial charge is 0.350 e. The molecule has 2 atom stereocenters. The number of hydrogen-bond donors (Lipinski definition) is 1. The number of carbonyl (C=O) groups excluding carboxylic acids is 1. The SMILES string of the molecule is CCCCN1[C@H]2CCC[C@H]1CC(NC(=O)/C=C/c1ccccc1)C2. The molecule has 3 rings (SSSR count). The minimum atomic E-state index is 0.0453. The molecule has 0 aliphatic carbocycles. The molecule has 1 aromatic rings. The molecule has 1 N–H and O–H groups in total. The van der Waals surface area contributed by atoms with E-state index < -0.39 is 0 Å². The molecule has 1 amide bonds. The Balaban J connectivity index is 1.53. The van der Waals surface area contributed by atoms with E-state index in [1.807, 2.05) is 36.4 Å². The van der Waals surface area contributed by atoms with E-state index in [1.54, 1.807) is 6.08 Å². The Labute approximate surface area is 146 Å². The van der Waals surface area contributed by atoms with E-state index in [0.717, 1.165) is 18.4 Å². The van der Waals surface area contributed by atoms with Crippen LogP contribution in [-0.2, 0) is 4.79 Å². The molecule has 2 heterocycles. The molecular weight excluding hydrogens is 296 g/mol. The maximum atomic E-state index is 12.2. The highest BCUT2D eigenvalue weighted by Gasteiger charge is 2.37. The molecule has 130 valence electrons. The van der Waals surface area contributed by atoms with Crippen LogP contribution in [0.5, 0.6) is 0 Å². The Hall–Kier alpha value is -1.61. The van der Waals surface area contributed by atoms with Crippen LogP contribution in [-0.4, -0.2) is 35.5 Å². The van der Waals surface area contributed by atoms with Crippen molar-refractivity contribution < 1.29 is 4.79 Å². The van der Waals surface area contributed by atoms with Gasteiger partial charge in [-0.2, -0.15) is 0 Å². The fourth-order valence-corrected chi connectivity index (χ4v) is 4.29. The summed E-state index contributed by atoms with van der Waals surface area (Å²) in [5.74, 6) is 0.0453. The van der Waals surface area contributed by atoms with Gasteiger partial charge < -0.3 is 5.32 Å². The molecule has 0 radical (unpaired) electrons. The van der Waals surface area contributed by atoms with E-state index in [9.17, 15) is 4.79 Å². The number of hydrogen-bond acceptors (Lipinski definition) is 2. The summed E-state index contributed by atoms with van der Waals surface area (Å²) in [5.41, 5.74) is 1.07. The van der Waals surface area contributed by atoms with Gasteiger partial charge >= 0.3 is 0 Å². The van der Waals surface area contributed by atoms with E-state index in [4.69, 9.17) is 0 Å². The van der Waals surface area contributed by atoms with Crippen molar-refractivity contribution in [2.45, 2.75) is 70.0 Å². The third kappa shape index (κ3) is 4.47. The summed E-state index contributed by atoms with van der Waals surface area (Å²) in [4.78, 5) is 15.0. The first-order valence-electron chi connectivity index (χ1n) is 9.55. The first kappa shape index (κ1) is 17.2. The molecular formula is C21H30N2O. The second-order valence-electron chi connectivity index (χ2n) is 7.25. The molecule has 0 aromatic heterocycles. The van der Waals surface area contributed by atoms with Gasteiger partial charge in [0.25, 0.3) is 0 Å². The molecule has 2 aliphatic heterocycles. The number of unbranched alkanes of at least 4 members (excludes halogenated alkanes) is 1. The van der Waals surface area contributed by atoms with Gasteiger partial charge in [0.15, 0.2) is 0 Å². The smallest absolute Gasteiger partial charge is 0.244 e. The number of fused-ring (bicyclic) bond motifs is 2. The fourth-order valence-electron chi connectivity index (χ4n) is 4.29. The zero-order chi connectivity index (χ0) is 16.8. The van der Waals surface area contributed by atoms with E-state index in [2.05, 4.69) is 17.1 Å². The number of nitrogens with zero attached hydrogens (tertiary/aromatic N) is 1. The van der Waals surface area contributed by atoms with Gasteiger partial charge in [-0.15, -0.1) is 0 Å². The first-order chi connectivity index (χ1) is 11.8. The number of piperidine rings is 2. The summed E-state index contributed by atoms with van der Waals surface area (Å²) in [5, 5.41) is 3.24. The molecule has 0 unspecified atom stereocenters. The Morgan fingerprint density at radius 2 is 1.92 bits per heavy atom. The van der Waals surface area contributed by atoms with Crippen molar-refractivity contribution in [2.75, 3.05) is 6.54 Å². The van der Waals surface area contributed by atoms with Crippen molar-refractivity contribution in [1.82, 2.24) is 10.2 Å². The third-order valence-corrected chi connectivity index (χ3v) is 5.47. The summed E-state index contributed by atoms with van der Waals surface area (Å²) in [6, 6.07) is 11.7. The van der Waals surface area contributed by atoms with Crippen LogP contribution < -0.4 is 5.32 Å². The predicted octanol–water partition coefficient (Wildman–Crippen LogP) is 4.00. The van der Waals surface area contributed by atoms with Gasteiger partial charge in [0, 0.05) is 24.2 Å². The normalized spacial score (nSPS) is 27.3. The van der Waals surface area contributed by atoms with Gasteiger partial charge in [-0.3, -0.25) is 9.69 Å². The van der Waals surface area contributed by atoms with Crippen molar-refractivity contribution in [3.05, 3.63) is 42.0 Å². The Bertz CT molecular complexity index is 540. The zero-order valence-corrected chi connectivity index (χ0v) is 14.8. The summed E-state index contributed by atoms with van der Waals surface area (Å²) in [6.45, 7) is 3.50. The lowest BCUT2D eigenvalue weighted by atomic mass is 9.81. The van der Waals surface area contributed by atoms with Crippen LogP contribution in [0.25, 0.3) is 6.08 Å². The van der Waals surface area contributed by atoms with Gasteiger partial charge in [0.2, 0.25) is 5.91 Å². The van der Waals surface area contributed by atoms with E-state index in [0.29, 0.717) is 18.1 Å².